The summed E-state index contributed by atoms with van der Waals surface area (Å²) in [7, 11) is -2.32. The Labute approximate surface area is 196 Å². The lowest BCUT2D eigenvalue weighted by Gasteiger charge is -2.20. The van der Waals surface area contributed by atoms with Crippen LogP contribution in [0.25, 0.3) is 0 Å². The van der Waals surface area contributed by atoms with Crippen LogP contribution in [0.3, 0.4) is 0 Å². The van der Waals surface area contributed by atoms with Gasteiger partial charge in [-0.05, 0) is 62.6 Å². The second-order valence-corrected chi connectivity index (χ2v) is 10.7. The molecule has 2 aromatic rings. The summed E-state index contributed by atoms with van der Waals surface area (Å²) >= 11 is 0. The Morgan fingerprint density at radius 1 is 1.09 bits per heavy atom. The largest absolute Gasteiger partial charge is 0.493 e. The van der Waals surface area contributed by atoms with E-state index in [0.29, 0.717) is 24.3 Å². The van der Waals surface area contributed by atoms with E-state index in [9.17, 15) is 13.2 Å². The molecule has 1 fully saturated rings. The van der Waals surface area contributed by atoms with Crippen molar-refractivity contribution in [3.05, 3.63) is 54.1 Å². The normalized spacial score (nSPS) is 15.2. The van der Waals surface area contributed by atoms with E-state index in [0.717, 1.165) is 38.5 Å². The Kier molecular flexibility index (Phi) is 9.14. The van der Waals surface area contributed by atoms with Crippen LogP contribution in [-0.2, 0) is 21.1 Å². The molecular weight excluding hydrogens is 442 g/mol. The number of carbonyl (C=O) groups excluding carboxylic acids is 1. The highest BCUT2D eigenvalue weighted by Crippen LogP contribution is 2.35. The Morgan fingerprint density at radius 3 is 2.48 bits per heavy atom. The molecule has 2 N–H and O–H groups in total. The van der Waals surface area contributed by atoms with Crippen molar-refractivity contribution >= 4 is 15.7 Å². The van der Waals surface area contributed by atoms with Crippen LogP contribution < -0.4 is 15.0 Å². The van der Waals surface area contributed by atoms with E-state index in [1.165, 1.54) is 24.8 Å². The van der Waals surface area contributed by atoms with E-state index in [1.807, 2.05) is 30.3 Å². The van der Waals surface area contributed by atoms with Crippen LogP contribution in [0.2, 0.25) is 0 Å². The van der Waals surface area contributed by atoms with Crippen molar-refractivity contribution in [2.24, 2.45) is 0 Å². The van der Waals surface area contributed by atoms with Crippen LogP contribution in [0.4, 0.5) is 0 Å². The second-order valence-electron chi connectivity index (χ2n) is 8.47. The average Bonchev–Trinajstić information content (AvgIpc) is 3.34. The van der Waals surface area contributed by atoms with Crippen molar-refractivity contribution in [3.8, 4) is 11.5 Å². The summed E-state index contributed by atoms with van der Waals surface area (Å²) in [6, 6.07) is 14.6. The number of hydroxylamine groups is 1. The van der Waals surface area contributed by atoms with Gasteiger partial charge in [0.05, 0.1) is 23.4 Å². The number of methoxy groups -OCH3 is 1. The van der Waals surface area contributed by atoms with Gasteiger partial charge in [-0.25, -0.2) is 13.9 Å². The molecule has 0 saturated heterocycles. The summed E-state index contributed by atoms with van der Waals surface area (Å²) in [4.78, 5) is 12.0. The van der Waals surface area contributed by atoms with E-state index in [2.05, 4.69) is 0 Å². The van der Waals surface area contributed by atoms with Crippen LogP contribution in [0, 0.1) is 0 Å². The highest BCUT2D eigenvalue weighted by atomic mass is 32.2. The Balaban J connectivity index is 1.75. The number of ether oxygens (including phenoxy) is 2. The number of sulfone groups is 1. The molecule has 0 heterocycles. The highest BCUT2D eigenvalue weighted by Gasteiger charge is 2.31. The fourth-order valence-electron chi connectivity index (χ4n) is 4.27. The smallest absolute Gasteiger partial charge is 0.244 e. The van der Waals surface area contributed by atoms with E-state index in [-0.39, 0.29) is 17.4 Å². The van der Waals surface area contributed by atoms with Crippen LogP contribution in [0.5, 0.6) is 11.5 Å². The number of rotatable bonds is 12. The van der Waals surface area contributed by atoms with Crippen molar-refractivity contribution in [1.29, 1.82) is 0 Å². The van der Waals surface area contributed by atoms with Crippen LogP contribution in [-0.4, -0.2) is 38.0 Å². The van der Waals surface area contributed by atoms with Gasteiger partial charge in [0.15, 0.2) is 21.3 Å². The van der Waals surface area contributed by atoms with Gasteiger partial charge in [-0.15, -0.1) is 0 Å². The lowest BCUT2D eigenvalue weighted by atomic mass is 10.1. The molecule has 2 aromatic carbocycles. The zero-order valence-electron chi connectivity index (χ0n) is 19.0. The summed E-state index contributed by atoms with van der Waals surface area (Å²) in [5.41, 5.74) is 2.75. The Bertz CT molecular complexity index is 1000. The standard InChI is InChI=1S/C25H33NO6S/c1-31-23-16-15-22(17-24(23)32-20-12-6-7-13-20)33(29,30)21(18-25(27)26-28)14-8-5-11-19-9-3-2-4-10-19/h2-4,9-10,15-17,20-21,28H,5-8,11-14,18H2,1H3,(H,26,27). The van der Waals surface area contributed by atoms with Crippen molar-refractivity contribution in [2.75, 3.05) is 7.11 Å². The molecule has 0 radical (unpaired) electrons. The SMILES string of the molecule is COc1ccc(S(=O)(=O)C(CCCCc2ccccc2)CC(=O)NO)cc1OC1CCCC1. The van der Waals surface area contributed by atoms with E-state index in [1.54, 1.807) is 11.5 Å². The Morgan fingerprint density at radius 2 is 1.82 bits per heavy atom. The molecule has 0 spiro atoms. The van der Waals surface area contributed by atoms with Crippen LogP contribution in [0.1, 0.15) is 56.9 Å². The third kappa shape index (κ3) is 6.95. The Hall–Kier alpha value is -2.58. The molecule has 180 valence electrons. The minimum Gasteiger partial charge on any atom is -0.493 e. The van der Waals surface area contributed by atoms with Gasteiger partial charge in [-0.1, -0.05) is 36.8 Å². The number of nitrogens with one attached hydrogen (secondary N) is 1. The molecule has 1 aliphatic carbocycles. The fourth-order valence-corrected chi connectivity index (χ4v) is 6.03. The summed E-state index contributed by atoms with van der Waals surface area (Å²) < 4.78 is 38.4. The molecule has 8 heteroatoms. The first-order chi connectivity index (χ1) is 15.9. The van der Waals surface area contributed by atoms with Gasteiger partial charge in [0.25, 0.3) is 0 Å². The van der Waals surface area contributed by atoms with Gasteiger partial charge >= 0.3 is 0 Å². The molecule has 0 aromatic heterocycles. The van der Waals surface area contributed by atoms with Gasteiger partial charge in [0.1, 0.15) is 0 Å². The number of aryl methyl sites for hydroxylation is 1. The number of amides is 1. The molecule has 1 amide bonds. The fraction of sp³-hybridized carbons (Fsp3) is 0.480. The quantitative estimate of drug-likeness (QED) is 0.267. The third-order valence-corrected chi connectivity index (χ3v) is 8.31. The maximum absolute atomic E-state index is 13.5. The minimum absolute atomic E-state index is 0.0470. The monoisotopic (exact) mass is 475 g/mol. The van der Waals surface area contributed by atoms with Crippen molar-refractivity contribution < 1.29 is 27.9 Å². The number of hydrogen-bond donors (Lipinski definition) is 2. The van der Waals surface area contributed by atoms with Gasteiger partial charge < -0.3 is 9.47 Å². The molecule has 1 saturated carbocycles. The molecular formula is C25H33NO6S. The molecule has 7 nitrogen and oxygen atoms in total. The van der Waals surface area contributed by atoms with Crippen LogP contribution >= 0.6 is 0 Å². The predicted octanol–water partition coefficient (Wildman–Crippen LogP) is 4.47. The molecule has 0 aliphatic heterocycles. The second kappa shape index (κ2) is 12.0. The lowest BCUT2D eigenvalue weighted by molar-refractivity contribution is -0.129. The maximum Gasteiger partial charge on any atom is 0.244 e. The molecule has 1 atom stereocenters. The summed E-state index contributed by atoms with van der Waals surface area (Å²) in [6.07, 6.45) is 6.37. The first kappa shape index (κ1) is 25.1. The van der Waals surface area contributed by atoms with Gasteiger partial charge in [-0.3, -0.25) is 10.0 Å². The number of unbranched alkanes of at least 4 members (excludes halogenated alkanes) is 1. The summed E-state index contributed by atoms with van der Waals surface area (Å²) in [6.45, 7) is 0. The molecule has 1 aliphatic rings. The predicted molar refractivity (Wildman–Crippen MR) is 125 cm³/mol. The zero-order valence-corrected chi connectivity index (χ0v) is 19.9. The third-order valence-electron chi connectivity index (χ3n) is 6.12. The molecule has 1 unspecified atom stereocenters. The van der Waals surface area contributed by atoms with Crippen molar-refractivity contribution in [3.63, 3.8) is 0 Å². The van der Waals surface area contributed by atoms with Gasteiger partial charge in [0, 0.05) is 12.5 Å². The minimum atomic E-state index is -3.84. The lowest BCUT2D eigenvalue weighted by Crippen LogP contribution is -2.30. The number of hydrogen-bond acceptors (Lipinski definition) is 6. The topological polar surface area (TPSA) is 102 Å². The summed E-state index contributed by atoms with van der Waals surface area (Å²) in [5, 5.41) is 8.03. The summed E-state index contributed by atoms with van der Waals surface area (Å²) in [5.74, 6) is 0.163. The maximum atomic E-state index is 13.5. The average molecular weight is 476 g/mol. The molecule has 33 heavy (non-hydrogen) atoms. The highest BCUT2D eigenvalue weighted by molar-refractivity contribution is 7.92. The van der Waals surface area contributed by atoms with Gasteiger partial charge in [0.2, 0.25) is 5.91 Å². The first-order valence-corrected chi connectivity index (χ1v) is 13.0. The van der Waals surface area contributed by atoms with Crippen molar-refractivity contribution in [1.82, 2.24) is 5.48 Å². The molecule has 0 bridgehead atoms. The van der Waals surface area contributed by atoms with E-state index in [4.69, 9.17) is 14.7 Å². The van der Waals surface area contributed by atoms with E-state index < -0.39 is 21.0 Å². The van der Waals surface area contributed by atoms with Gasteiger partial charge in [-0.2, -0.15) is 0 Å². The zero-order chi connectivity index (χ0) is 23.7. The van der Waals surface area contributed by atoms with E-state index >= 15 is 0 Å². The van der Waals surface area contributed by atoms with Crippen molar-refractivity contribution in [2.45, 2.75) is 74.0 Å². The number of carbonyl (C=O) groups is 1. The first-order valence-electron chi connectivity index (χ1n) is 11.5. The van der Waals surface area contributed by atoms with Crippen LogP contribution in [0.15, 0.2) is 53.4 Å². The molecule has 3 rings (SSSR count). The number of benzene rings is 2.